The molecule has 0 aliphatic heterocycles. The van der Waals surface area contributed by atoms with Crippen LogP contribution in [0.5, 0.6) is 0 Å². The van der Waals surface area contributed by atoms with Crippen LogP contribution >= 0.6 is 11.5 Å². The largest absolute Gasteiger partial charge is 0.145 e. The van der Waals surface area contributed by atoms with Crippen molar-refractivity contribution in [2.75, 3.05) is 0 Å². The molecule has 0 unspecified atom stereocenters. The van der Waals surface area contributed by atoms with Crippen LogP contribution in [0.1, 0.15) is 0 Å². The van der Waals surface area contributed by atoms with Crippen molar-refractivity contribution >= 4 is 17.2 Å². The van der Waals surface area contributed by atoms with Gasteiger partial charge in [0.15, 0.2) is 0 Å². The summed E-state index contributed by atoms with van der Waals surface area (Å²) in [5.74, 6) is 0. The Labute approximate surface area is 78.4 Å². The molecular weight excluding hydrogens is 186 g/mol. The second kappa shape index (κ2) is 3.40. The first-order valence-corrected chi connectivity index (χ1v) is 4.44. The van der Waals surface area contributed by atoms with Gasteiger partial charge in [0, 0.05) is 10.9 Å². The Bertz CT molecular complexity index is 396. The molecule has 0 spiro atoms. The lowest BCUT2D eigenvalue weighted by molar-refractivity contribution is 1.16. The van der Waals surface area contributed by atoms with E-state index in [-0.39, 0.29) is 0 Å². The smallest absolute Gasteiger partial charge is 0.108 e. The standard InChI is InChI=1S/C8H5N3OS/c12-10-7-3-1-6(2-4-7)8-5-13-11-9-8/h1-5H. The molecule has 0 amide bonds. The molecule has 2 rings (SSSR count). The molecule has 0 fully saturated rings. The summed E-state index contributed by atoms with van der Waals surface area (Å²) in [6.07, 6.45) is 0. The third-order valence-corrected chi connectivity index (χ3v) is 2.13. The van der Waals surface area contributed by atoms with Gasteiger partial charge in [-0.1, -0.05) is 16.6 Å². The summed E-state index contributed by atoms with van der Waals surface area (Å²) in [6, 6.07) is 6.91. The average molecular weight is 191 g/mol. The molecule has 2 aromatic rings. The van der Waals surface area contributed by atoms with E-state index in [1.807, 2.05) is 5.38 Å². The van der Waals surface area contributed by atoms with Crippen LogP contribution < -0.4 is 0 Å². The Balaban J connectivity index is 2.38. The predicted octanol–water partition coefficient (Wildman–Crippen LogP) is 2.60. The normalized spacial score (nSPS) is 9.85. The van der Waals surface area contributed by atoms with Crippen molar-refractivity contribution < 1.29 is 0 Å². The lowest BCUT2D eigenvalue weighted by Gasteiger charge is -1.93. The summed E-state index contributed by atoms with van der Waals surface area (Å²) in [5.41, 5.74) is 2.19. The Morgan fingerprint density at radius 2 is 2.00 bits per heavy atom. The Morgan fingerprint density at radius 3 is 2.54 bits per heavy atom. The Morgan fingerprint density at radius 1 is 1.23 bits per heavy atom. The van der Waals surface area contributed by atoms with Gasteiger partial charge in [-0.15, -0.1) is 10.0 Å². The molecule has 1 heterocycles. The molecule has 5 heteroatoms. The van der Waals surface area contributed by atoms with Crippen LogP contribution in [0.3, 0.4) is 0 Å². The van der Waals surface area contributed by atoms with Crippen LogP contribution in [0.2, 0.25) is 0 Å². The van der Waals surface area contributed by atoms with Crippen molar-refractivity contribution in [3.8, 4) is 11.3 Å². The number of hydrogen-bond acceptors (Lipinski definition) is 5. The summed E-state index contributed by atoms with van der Waals surface area (Å²) in [4.78, 5) is 10.1. The maximum Gasteiger partial charge on any atom is 0.108 e. The summed E-state index contributed by atoms with van der Waals surface area (Å²) in [5, 5.41) is 8.56. The van der Waals surface area contributed by atoms with Crippen LogP contribution in [0.15, 0.2) is 34.8 Å². The predicted molar refractivity (Wildman–Crippen MR) is 50.8 cm³/mol. The average Bonchev–Trinajstić information content (AvgIpc) is 2.71. The molecule has 13 heavy (non-hydrogen) atoms. The zero-order chi connectivity index (χ0) is 9.10. The highest BCUT2D eigenvalue weighted by Crippen LogP contribution is 2.20. The van der Waals surface area contributed by atoms with E-state index >= 15 is 0 Å². The monoisotopic (exact) mass is 191 g/mol. The van der Waals surface area contributed by atoms with Crippen LogP contribution in [-0.2, 0) is 0 Å². The first kappa shape index (κ1) is 8.00. The van der Waals surface area contributed by atoms with Gasteiger partial charge in [-0.2, -0.15) is 0 Å². The molecule has 4 nitrogen and oxygen atoms in total. The molecule has 0 aliphatic rings. The van der Waals surface area contributed by atoms with Crippen LogP contribution in [0, 0.1) is 4.91 Å². The Hall–Kier alpha value is -1.62. The SMILES string of the molecule is O=Nc1ccc(-c2csnn2)cc1. The Kier molecular flexibility index (Phi) is 2.09. The molecule has 64 valence electrons. The minimum absolute atomic E-state index is 0.423. The second-order valence-corrected chi connectivity index (χ2v) is 3.04. The molecule has 0 saturated carbocycles. The van der Waals surface area contributed by atoms with Crippen molar-refractivity contribution in [1.29, 1.82) is 0 Å². The third-order valence-electron chi connectivity index (χ3n) is 1.63. The van der Waals surface area contributed by atoms with Crippen molar-refractivity contribution in [3.63, 3.8) is 0 Å². The number of rotatable bonds is 2. The molecule has 0 radical (unpaired) electrons. The first-order chi connectivity index (χ1) is 6.40. The first-order valence-electron chi connectivity index (χ1n) is 3.61. The van der Waals surface area contributed by atoms with Crippen LogP contribution in [0.4, 0.5) is 5.69 Å². The van der Waals surface area contributed by atoms with Gasteiger partial charge in [0.2, 0.25) is 0 Å². The maximum absolute atomic E-state index is 10.1. The second-order valence-electron chi connectivity index (χ2n) is 2.43. The van der Waals surface area contributed by atoms with Gasteiger partial charge in [0.25, 0.3) is 0 Å². The fraction of sp³-hybridized carbons (Fsp3) is 0. The number of nitrogens with zero attached hydrogens (tertiary/aromatic N) is 3. The fourth-order valence-corrected chi connectivity index (χ4v) is 1.45. The van der Waals surface area contributed by atoms with E-state index in [1.165, 1.54) is 11.5 Å². The van der Waals surface area contributed by atoms with Gasteiger partial charge in [0.05, 0.1) is 0 Å². The van der Waals surface area contributed by atoms with E-state index in [0.29, 0.717) is 5.69 Å². The van der Waals surface area contributed by atoms with E-state index in [0.717, 1.165) is 11.3 Å². The quantitative estimate of drug-likeness (QED) is 0.685. The highest BCUT2D eigenvalue weighted by Gasteiger charge is 1.99. The molecular formula is C8H5N3OS. The number of nitroso groups, excluding NO2 is 1. The number of hydrogen-bond donors (Lipinski definition) is 0. The maximum atomic E-state index is 10.1. The minimum atomic E-state index is 0.423. The van der Waals surface area contributed by atoms with E-state index in [4.69, 9.17) is 0 Å². The third kappa shape index (κ3) is 1.59. The van der Waals surface area contributed by atoms with Crippen LogP contribution in [0.25, 0.3) is 11.3 Å². The topological polar surface area (TPSA) is 55.2 Å². The van der Waals surface area contributed by atoms with Crippen LogP contribution in [-0.4, -0.2) is 9.59 Å². The highest BCUT2D eigenvalue weighted by molar-refractivity contribution is 7.03. The van der Waals surface area contributed by atoms with Crippen molar-refractivity contribution in [3.05, 3.63) is 34.6 Å². The van der Waals surface area contributed by atoms with Gasteiger partial charge in [-0.3, -0.25) is 0 Å². The number of benzene rings is 1. The molecule has 1 aromatic heterocycles. The summed E-state index contributed by atoms with van der Waals surface area (Å²) in [6.45, 7) is 0. The highest BCUT2D eigenvalue weighted by atomic mass is 32.1. The van der Waals surface area contributed by atoms with Crippen molar-refractivity contribution in [1.82, 2.24) is 9.59 Å². The minimum Gasteiger partial charge on any atom is -0.145 e. The van der Waals surface area contributed by atoms with Gasteiger partial charge < -0.3 is 0 Å². The van der Waals surface area contributed by atoms with Gasteiger partial charge in [0.1, 0.15) is 11.4 Å². The van der Waals surface area contributed by atoms with E-state index < -0.39 is 0 Å². The number of aromatic nitrogens is 2. The fourth-order valence-electron chi connectivity index (χ4n) is 0.983. The summed E-state index contributed by atoms with van der Waals surface area (Å²) < 4.78 is 3.75. The summed E-state index contributed by atoms with van der Waals surface area (Å²) >= 11 is 1.30. The van der Waals surface area contributed by atoms with Crippen molar-refractivity contribution in [2.24, 2.45) is 5.18 Å². The zero-order valence-electron chi connectivity index (χ0n) is 6.54. The van der Waals surface area contributed by atoms with Gasteiger partial charge in [-0.05, 0) is 28.8 Å². The molecule has 1 aromatic carbocycles. The summed E-state index contributed by atoms with van der Waals surface area (Å²) in [7, 11) is 0. The lowest BCUT2D eigenvalue weighted by Crippen LogP contribution is -1.76. The van der Waals surface area contributed by atoms with E-state index in [2.05, 4.69) is 14.8 Å². The zero-order valence-corrected chi connectivity index (χ0v) is 7.36. The molecule has 0 atom stereocenters. The molecule has 0 aliphatic carbocycles. The van der Waals surface area contributed by atoms with E-state index in [1.54, 1.807) is 24.3 Å². The molecule has 0 N–H and O–H groups in total. The van der Waals surface area contributed by atoms with Crippen molar-refractivity contribution in [2.45, 2.75) is 0 Å². The molecule has 0 saturated heterocycles. The van der Waals surface area contributed by atoms with Gasteiger partial charge >= 0.3 is 0 Å². The van der Waals surface area contributed by atoms with E-state index in [9.17, 15) is 4.91 Å². The molecule has 0 bridgehead atoms. The van der Waals surface area contributed by atoms with Gasteiger partial charge in [-0.25, -0.2) is 0 Å². The lowest BCUT2D eigenvalue weighted by atomic mass is 10.2.